The average molecular weight is 719 g/mol. The number of unbranched alkanes of at least 4 members (excludes halogenated alkanes) is 10. The van der Waals surface area contributed by atoms with Crippen LogP contribution in [0, 0.1) is 0 Å². The fraction of sp³-hybridized carbons (Fsp3) is 0.333. The fourth-order valence-corrected chi connectivity index (χ4v) is 6.80. The largest absolute Gasteiger partial charge is 0.494 e. The van der Waals surface area contributed by atoms with Crippen LogP contribution in [0.1, 0.15) is 90.9 Å². The van der Waals surface area contributed by atoms with Crippen molar-refractivity contribution in [2.24, 2.45) is 20.5 Å². The molecular weight excluding hydrogens is 665 g/mol. The summed E-state index contributed by atoms with van der Waals surface area (Å²) in [6.07, 6.45) is 14.9. The summed E-state index contributed by atoms with van der Waals surface area (Å²) < 4.78 is 12.0. The van der Waals surface area contributed by atoms with Crippen molar-refractivity contribution in [1.29, 1.82) is 0 Å². The fourth-order valence-electron chi connectivity index (χ4n) is 6.80. The molecular formula is C48H54N4O2. The van der Waals surface area contributed by atoms with Crippen molar-refractivity contribution in [1.82, 2.24) is 0 Å². The SMILES string of the molecule is CCCCCCCCOc1ccc(N=Nc2ccc3ccccc3c2-c2c(N=Nc3ccc(OCCCCCCCC)cc3)ccc3ccccc23)cc1. The van der Waals surface area contributed by atoms with E-state index >= 15 is 0 Å². The minimum atomic E-state index is 0.733. The van der Waals surface area contributed by atoms with Gasteiger partial charge in [0.2, 0.25) is 0 Å². The zero-order valence-corrected chi connectivity index (χ0v) is 32.1. The molecule has 0 heterocycles. The van der Waals surface area contributed by atoms with Gasteiger partial charge in [0.15, 0.2) is 0 Å². The first kappa shape index (κ1) is 38.4. The Hall–Kier alpha value is -5.36. The van der Waals surface area contributed by atoms with E-state index in [0.29, 0.717) is 0 Å². The number of hydrogen-bond donors (Lipinski definition) is 0. The van der Waals surface area contributed by atoms with Gasteiger partial charge in [-0.05, 0) is 95.1 Å². The first-order valence-corrected chi connectivity index (χ1v) is 20.1. The van der Waals surface area contributed by atoms with Crippen molar-refractivity contribution in [2.45, 2.75) is 90.9 Å². The Balaban J connectivity index is 1.24. The zero-order valence-electron chi connectivity index (χ0n) is 32.1. The molecule has 0 aliphatic carbocycles. The number of hydrogen-bond acceptors (Lipinski definition) is 6. The van der Waals surface area contributed by atoms with Gasteiger partial charge in [-0.2, -0.15) is 10.2 Å². The standard InChI is InChI=1S/C48H54N4O2/c1-3-5-7-9-11-17-35-53-41-29-25-39(26-30-41)49-51-45-33-23-37-19-13-15-21-43(37)47(45)48-44-22-16-14-20-38(44)24-34-46(48)52-50-40-27-31-42(32-28-40)54-36-18-12-10-8-6-4-2/h13-16,19-34H,3-12,17-18,35-36H2,1-2H3. The number of ether oxygens (including phenoxy) is 2. The summed E-state index contributed by atoms with van der Waals surface area (Å²) in [4.78, 5) is 0. The van der Waals surface area contributed by atoms with Crippen molar-refractivity contribution in [3.05, 3.63) is 121 Å². The van der Waals surface area contributed by atoms with Gasteiger partial charge in [0.05, 0.1) is 36.0 Å². The van der Waals surface area contributed by atoms with Gasteiger partial charge in [0, 0.05) is 11.1 Å². The van der Waals surface area contributed by atoms with Crippen LogP contribution in [0.4, 0.5) is 22.7 Å². The minimum Gasteiger partial charge on any atom is -0.494 e. The van der Waals surface area contributed by atoms with Crippen LogP contribution in [0.25, 0.3) is 32.7 Å². The van der Waals surface area contributed by atoms with Crippen LogP contribution in [-0.4, -0.2) is 13.2 Å². The molecule has 0 aliphatic rings. The third-order valence-corrected chi connectivity index (χ3v) is 9.82. The predicted molar refractivity (Wildman–Crippen MR) is 226 cm³/mol. The summed E-state index contributed by atoms with van der Waals surface area (Å²) in [5, 5.41) is 23.5. The Bertz CT molecular complexity index is 1950. The molecule has 0 aliphatic heterocycles. The highest BCUT2D eigenvalue weighted by Crippen LogP contribution is 2.46. The van der Waals surface area contributed by atoms with Gasteiger partial charge in [-0.25, -0.2) is 0 Å². The van der Waals surface area contributed by atoms with Gasteiger partial charge in [0.1, 0.15) is 11.5 Å². The lowest BCUT2D eigenvalue weighted by Gasteiger charge is -2.15. The molecule has 6 aromatic rings. The molecule has 6 nitrogen and oxygen atoms in total. The molecule has 0 N–H and O–H groups in total. The Morgan fingerprint density at radius 2 is 0.759 bits per heavy atom. The van der Waals surface area contributed by atoms with Gasteiger partial charge < -0.3 is 9.47 Å². The van der Waals surface area contributed by atoms with Gasteiger partial charge in [0.25, 0.3) is 0 Å². The molecule has 0 saturated heterocycles. The van der Waals surface area contributed by atoms with Gasteiger partial charge in [-0.1, -0.05) is 139 Å². The molecule has 0 aromatic heterocycles. The second-order valence-corrected chi connectivity index (χ2v) is 14.0. The molecule has 0 fully saturated rings. The van der Waals surface area contributed by atoms with Crippen LogP contribution in [0.15, 0.2) is 142 Å². The summed E-state index contributed by atoms with van der Waals surface area (Å²) in [5.41, 5.74) is 4.99. The van der Waals surface area contributed by atoms with Crippen LogP contribution < -0.4 is 9.47 Å². The Morgan fingerprint density at radius 3 is 1.19 bits per heavy atom. The normalized spacial score (nSPS) is 11.7. The average Bonchev–Trinajstić information content (AvgIpc) is 3.22. The minimum absolute atomic E-state index is 0.733. The van der Waals surface area contributed by atoms with Crippen LogP contribution in [0.5, 0.6) is 11.5 Å². The maximum absolute atomic E-state index is 6.01. The summed E-state index contributed by atoms with van der Waals surface area (Å²) in [7, 11) is 0. The molecule has 0 bridgehead atoms. The van der Waals surface area contributed by atoms with Crippen LogP contribution in [0.3, 0.4) is 0 Å². The first-order chi connectivity index (χ1) is 26.7. The smallest absolute Gasteiger partial charge is 0.119 e. The molecule has 0 atom stereocenters. The molecule has 0 spiro atoms. The quantitative estimate of drug-likeness (QED) is 0.0549. The molecule has 0 unspecified atom stereocenters. The number of rotatable bonds is 21. The Morgan fingerprint density at radius 1 is 0.370 bits per heavy atom. The molecule has 0 radical (unpaired) electrons. The van der Waals surface area contributed by atoms with Crippen molar-refractivity contribution in [3.8, 4) is 22.6 Å². The van der Waals surface area contributed by atoms with E-state index in [2.05, 4.69) is 74.5 Å². The van der Waals surface area contributed by atoms with Crippen molar-refractivity contribution >= 4 is 44.3 Å². The van der Waals surface area contributed by atoms with E-state index in [-0.39, 0.29) is 0 Å². The number of fused-ring (bicyclic) bond motifs is 2. The van der Waals surface area contributed by atoms with Crippen molar-refractivity contribution in [2.75, 3.05) is 13.2 Å². The molecule has 0 amide bonds. The van der Waals surface area contributed by atoms with Crippen LogP contribution in [0.2, 0.25) is 0 Å². The van der Waals surface area contributed by atoms with E-state index in [0.717, 1.165) is 93.0 Å². The Labute approximate surface area is 321 Å². The van der Waals surface area contributed by atoms with Crippen molar-refractivity contribution < 1.29 is 9.47 Å². The highest BCUT2D eigenvalue weighted by atomic mass is 16.5. The number of azo groups is 2. The summed E-state index contributed by atoms with van der Waals surface area (Å²) in [6, 6.07) is 40.9. The predicted octanol–water partition coefficient (Wildman–Crippen LogP) is 16.0. The van der Waals surface area contributed by atoms with Crippen molar-refractivity contribution in [3.63, 3.8) is 0 Å². The van der Waals surface area contributed by atoms with E-state index < -0.39 is 0 Å². The van der Waals surface area contributed by atoms with E-state index in [1.807, 2.05) is 60.7 Å². The molecule has 0 saturated carbocycles. The van der Waals surface area contributed by atoms with Crippen LogP contribution in [-0.2, 0) is 0 Å². The number of benzene rings is 6. The lowest BCUT2D eigenvalue weighted by molar-refractivity contribution is 0.304. The maximum Gasteiger partial charge on any atom is 0.119 e. The first-order valence-electron chi connectivity index (χ1n) is 20.1. The summed E-state index contributed by atoms with van der Waals surface area (Å²) in [6.45, 7) is 5.96. The zero-order chi connectivity index (χ0) is 37.2. The topological polar surface area (TPSA) is 67.9 Å². The maximum atomic E-state index is 6.01. The highest BCUT2D eigenvalue weighted by molar-refractivity contribution is 6.12. The van der Waals surface area contributed by atoms with Gasteiger partial charge >= 0.3 is 0 Å². The van der Waals surface area contributed by atoms with Gasteiger partial charge in [-0.3, -0.25) is 0 Å². The summed E-state index contributed by atoms with van der Waals surface area (Å²) >= 11 is 0. The van der Waals surface area contributed by atoms with E-state index in [1.165, 1.54) is 64.2 Å². The summed E-state index contributed by atoms with van der Waals surface area (Å²) in [5.74, 6) is 1.71. The third kappa shape index (κ3) is 10.8. The molecule has 6 heteroatoms. The molecule has 54 heavy (non-hydrogen) atoms. The van der Waals surface area contributed by atoms with Gasteiger partial charge in [-0.15, -0.1) is 10.2 Å². The van der Waals surface area contributed by atoms with E-state index in [1.54, 1.807) is 0 Å². The van der Waals surface area contributed by atoms with Crippen LogP contribution >= 0.6 is 0 Å². The Kier molecular flexibility index (Phi) is 14.8. The molecule has 278 valence electrons. The van der Waals surface area contributed by atoms with E-state index in [4.69, 9.17) is 29.9 Å². The molecule has 6 aromatic carbocycles. The second-order valence-electron chi connectivity index (χ2n) is 14.0. The lowest BCUT2D eigenvalue weighted by atomic mass is 9.91. The number of nitrogens with zero attached hydrogens (tertiary/aromatic N) is 4. The lowest BCUT2D eigenvalue weighted by Crippen LogP contribution is -1.96. The third-order valence-electron chi connectivity index (χ3n) is 9.82. The monoisotopic (exact) mass is 718 g/mol. The van der Waals surface area contributed by atoms with E-state index in [9.17, 15) is 0 Å². The highest BCUT2D eigenvalue weighted by Gasteiger charge is 2.17. The molecule has 6 rings (SSSR count). The second kappa shape index (κ2) is 20.8.